The van der Waals surface area contributed by atoms with E-state index in [4.69, 9.17) is 10.7 Å². The number of hydrogen-bond acceptors (Lipinski definition) is 4. The molecule has 1 aliphatic rings. The highest BCUT2D eigenvalue weighted by Crippen LogP contribution is 2.35. The van der Waals surface area contributed by atoms with Crippen molar-refractivity contribution in [3.05, 3.63) is 65.2 Å². The highest BCUT2D eigenvalue weighted by Gasteiger charge is 2.31. The van der Waals surface area contributed by atoms with E-state index in [1.807, 2.05) is 36.4 Å². The van der Waals surface area contributed by atoms with Crippen LogP contribution in [0.5, 0.6) is 0 Å². The van der Waals surface area contributed by atoms with Gasteiger partial charge in [0.05, 0.1) is 15.2 Å². The number of carbonyl (C=O) groups excluding carboxylic acids is 1. The van der Waals surface area contributed by atoms with Gasteiger partial charge in [-0.05, 0) is 43.6 Å². The van der Waals surface area contributed by atoms with Gasteiger partial charge in [0.2, 0.25) is 5.91 Å². The standard InChI is InChI=1S/C20H21N3OS/c21-19(24)18(14-6-2-1-3-7-14)23-12-10-15(11-13-23)20-22-16-8-4-5-9-17(16)25-20/h1-9,15,18H,10-13H2,(H2,21,24)/t18-/m1/s1. The van der Waals surface area contributed by atoms with Crippen molar-refractivity contribution in [3.8, 4) is 0 Å². The van der Waals surface area contributed by atoms with Gasteiger partial charge in [-0.1, -0.05) is 42.5 Å². The van der Waals surface area contributed by atoms with Gasteiger partial charge in [0.25, 0.3) is 0 Å². The van der Waals surface area contributed by atoms with Crippen molar-refractivity contribution in [2.45, 2.75) is 24.8 Å². The van der Waals surface area contributed by atoms with E-state index < -0.39 is 0 Å². The topological polar surface area (TPSA) is 59.2 Å². The highest BCUT2D eigenvalue weighted by molar-refractivity contribution is 7.18. The second kappa shape index (κ2) is 6.94. The predicted octanol–water partition coefficient (Wildman–Crippen LogP) is 3.70. The lowest BCUT2D eigenvalue weighted by Gasteiger charge is -2.35. The van der Waals surface area contributed by atoms with Gasteiger partial charge in [0.1, 0.15) is 6.04 Å². The van der Waals surface area contributed by atoms with Gasteiger partial charge < -0.3 is 5.73 Å². The zero-order chi connectivity index (χ0) is 17.2. The van der Waals surface area contributed by atoms with E-state index in [0.717, 1.165) is 37.0 Å². The summed E-state index contributed by atoms with van der Waals surface area (Å²) in [7, 11) is 0. The van der Waals surface area contributed by atoms with Crippen LogP contribution in [0.2, 0.25) is 0 Å². The first-order chi connectivity index (χ1) is 12.2. The second-order valence-electron chi connectivity index (χ2n) is 6.55. The highest BCUT2D eigenvalue weighted by atomic mass is 32.1. The van der Waals surface area contributed by atoms with Crippen molar-refractivity contribution in [1.29, 1.82) is 0 Å². The number of piperidine rings is 1. The number of thiazole rings is 1. The van der Waals surface area contributed by atoms with Crippen molar-refractivity contribution in [1.82, 2.24) is 9.88 Å². The summed E-state index contributed by atoms with van der Waals surface area (Å²) >= 11 is 1.79. The predicted molar refractivity (Wildman–Crippen MR) is 102 cm³/mol. The Kier molecular flexibility index (Phi) is 4.51. The van der Waals surface area contributed by atoms with E-state index in [2.05, 4.69) is 23.1 Å². The molecule has 4 nitrogen and oxygen atoms in total. The average molecular weight is 351 g/mol. The molecule has 0 spiro atoms. The Morgan fingerprint density at radius 1 is 1.08 bits per heavy atom. The molecular formula is C20H21N3OS. The van der Waals surface area contributed by atoms with E-state index in [9.17, 15) is 4.79 Å². The maximum absolute atomic E-state index is 12.0. The first-order valence-electron chi connectivity index (χ1n) is 8.66. The van der Waals surface area contributed by atoms with Crippen LogP contribution in [0.15, 0.2) is 54.6 Å². The Bertz CT molecular complexity index is 836. The third kappa shape index (κ3) is 3.30. The molecule has 4 rings (SSSR count). The van der Waals surface area contributed by atoms with Crippen molar-refractivity contribution in [2.24, 2.45) is 5.73 Å². The van der Waals surface area contributed by atoms with Gasteiger partial charge in [-0.25, -0.2) is 4.98 Å². The number of amides is 1. The molecular weight excluding hydrogens is 330 g/mol. The van der Waals surface area contributed by atoms with Gasteiger partial charge in [0, 0.05) is 5.92 Å². The van der Waals surface area contributed by atoms with Crippen molar-refractivity contribution in [3.63, 3.8) is 0 Å². The number of para-hydroxylation sites is 1. The Hall–Kier alpha value is -2.24. The number of nitrogens with zero attached hydrogens (tertiary/aromatic N) is 2. The van der Waals surface area contributed by atoms with Gasteiger partial charge >= 0.3 is 0 Å². The van der Waals surface area contributed by atoms with Crippen molar-refractivity contribution >= 4 is 27.5 Å². The molecule has 1 amide bonds. The number of nitrogens with two attached hydrogens (primary N) is 1. The Morgan fingerprint density at radius 2 is 1.76 bits per heavy atom. The number of aromatic nitrogens is 1. The van der Waals surface area contributed by atoms with Crippen molar-refractivity contribution < 1.29 is 4.79 Å². The summed E-state index contributed by atoms with van der Waals surface area (Å²) in [6.07, 6.45) is 2.02. The van der Waals surface area contributed by atoms with Gasteiger partial charge in [-0.15, -0.1) is 11.3 Å². The SMILES string of the molecule is NC(=O)[C@@H](c1ccccc1)N1CCC(c2nc3ccccc3s2)CC1. The van der Waals surface area contributed by atoms with Gasteiger partial charge in [0.15, 0.2) is 0 Å². The number of likely N-dealkylation sites (tertiary alicyclic amines) is 1. The lowest BCUT2D eigenvalue weighted by molar-refractivity contribution is -0.124. The minimum absolute atomic E-state index is 0.273. The fourth-order valence-corrected chi connectivity index (χ4v) is 4.80. The Morgan fingerprint density at radius 3 is 2.44 bits per heavy atom. The number of carbonyl (C=O) groups is 1. The third-order valence-electron chi connectivity index (χ3n) is 4.94. The lowest BCUT2D eigenvalue weighted by atomic mass is 9.94. The lowest BCUT2D eigenvalue weighted by Crippen LogP contribution is -2.42. The summed E-state index contributed by atoms with van der Waals surface area (Å²) in [4.78, 5) is 19.1. The van der Waals surface area contributed by atoms with Gasteiger partial charge in [-0.2, -0.15) is 0 Å². The monoisotopic (exact) mass is 351 g/mol. The largest absolute Gasteiger partial charge is 0.368 e. The van der Waals surface area contributed by atoms with E-state index in [-0.39, 0.29) is 11.9 Å². The normalized spacial score (nSPS) is 17.6. The van der Waals surface area contributed by atoms with Crippen molar-refractivity contribution in [2.75, 3.05) is 13.1 Å². The summed E-state index contributed by atoms with van der Waals surface area (Å²) in [6.45, 7) is 1.73. The number of fused-ring (bicyclic) bond motifs is 1. The third-order valence-corrected chi connectivity index (χ3v) is 6.14. The van der Waals surface area contributed by atoms with Gasteiger partial charge in [-0.3, -0.25) is 9.69 Å². The van der Waals surface area contributed by atoms with E-state index >= 15 is 0 Å². The molecule has 128 valence electrons. The van der Waals surface area contributed by atoms with Crippen LogP contribution in [0.25, 0.3) is 10.2 Å². The zero-order valence-electron chi connectivity index (χ0n) is 14.0. The minimum atomic E-state index is -0.336. The van der Waals surface area contributed by atoms with E-state index in [0.29, 0.717) is 5.92 Å². The second-order valence-corrected chi connectivity index (χ2v) is 7.61. The average Bonchev–Trinajstić information content (AvgIpc) is 3.07. The molecule has 0 aliphatic carbocycles. The molecule has 0 bridgehead atoms. The summed E-state index contributed by atoms with van der Waals surface area (Å²) in [5.41, 5.74) is 7.77. The number of benzene rings is 2. The van der Waals surface area contributed by atoms with Crippen LogP contribution >= 0.6 is 11.3 Å². The van der Waals surface area contributed by atoms with Crippen LogP contribution in [-0.2, 0) is 4.79 Å². The fourth-order valence-electron chi connectivity index (χ4n) is 3.66. The quantitative estimate of drug-likeness (QED) is 0.780. The first-order valence-corrected chi connectivity index (χ1v) is 9.48. The molecule has 1 aromatic heterocycles. The maximum Gasteiger partial charge on any atom is 0.239 e. The van der Waals surface area contributed by atoms with Crippen LogP contribution < -0.4 is 5.73 Å². The van der Waals surface area contributed by atoms with E-state index in [1.54, 1.807) is 11.3 Å². The molecule has 1 aliphatic heterocycles. The van der Waals surface area contributed by atoms with E-state index in [1.165, 1.54) is 9.71 Å². The van der Waals surface area contributed by atoms with Crippen LogP contribution in [-0.4, -0.2) is 28.9 Å². The molecule has 1 fully saturated rings. The smallest absolute Gasteiger partial charge is 0.239 e. The molecule has 0 radical (unpaired) electrons. The van der Waals surface area contributed by atoms with Crippen LogP contribution in [0, 0.1) is 0 Å². The molecule has 1 atom stereocenters. The minimum Gasteiger partial charge on any atom is -0.368 e. The molecule has 0 unspecified atom stereocenters. The van der Waals surface area contributed by atoms with Crippen LogP contribution in [0.3, 0.4) is 0 Å². The summed E-state index contributed by atoms with van der Waals surface area (Å²) in [5, 5.41) is 1.22. The molecule has 2 aromatic carbocycles. The number of rotatable bonds is 4. The molecule has 5 heteroatoms. The molecule has 2 heterocycles. The summed E-state index contributed by atoms with van der Waals surface area (Å²) < 4.78 is 1.25. The maximum atomic E-state index is 12.0. The molecule has 3 aromatic rings. The molecule has 25 heavy (non-hydrogen) atoms. The number of hydrogen-bond donors (Lipinski definition) is 1. The molecule has 0 saturated carbocycles. The fraction of sp³-hybridized carbons (Fsp3) is 0.300. The zero-order valence-corrected chi connectivity index (χ0v) is 14.8. The molecule has 2 N–H and O–H groups in total. The molecule has 1 saturated heterocycles. The van der Waals surface area contributed by atoms with Crippen LogP contribution in [0.4, 0.5) is 0 Å². The Labute approximate surface area is 151 Å². The first kappa shape index (κ1) is 16.2. The summed E-state index contributed by atoms with van der Waals surface area (Å²) in [6, 6.07) is 17.8. The van der Waals surface area contributed by atoms with Crippen LogP contribution in [0.1, 0.15) is 35.4 Å². The number of primary amides is 1. The summed E-state index contributed by atoms with van der Waals surface area (Å²) in [5.74, 6) is 0.197. The Balaban J connectivity index is 1.49.